The molecule has 1 unspecified atom stereocenters. The molecule has 0 spiro atoms. The number of aliphatic hydroxyl groups is 1. The second-order valence-electron chi connectivity index (χ2n) is 5.10. The average Bonchev–Trinajstić information content (AvgIpc) is 2.49. The van der Waals surface area contributed by atoms with Crippen molar-refractivity contribution >= 4 is 0 Å². The van der Waals surface area contributed by atoms with Crippen LogP contribution in [0.1, 0.15) is 38.4 Å². The van der Waals surface area contributed by atoms with Gasteiger partial charge in [0, 0.05) is 5.56 Å². The number of benzene rings is 1. The minimum Gasteiger partial charge on any atom is -0.388 e. The first kappa shape index (κ1) is 18.0. The van der Waals surface area contributed by atoms with Gasteiger partial charge in [-0.15, -0.1) is 0 Å². The van der Waals surface area contributed by atoms with Crippen molar-refractivity contribution in [1.29, 1.82) is 0 Å². The topological polar surface area (TPSA) is 35.5 Å². The molecule has 0 aliphatic rings. The van der Waals surface area contributed by atoms with Crippen LogP contribution in [0.5, 0.6) is 0 Å². The zero-order valence-corrected chi connectivity index (χ0v) is 12.9. The fourth-order valence-corrected chi connectivity index (χ4v) is 2.26. The first-order valence-corrected chi connectivity index (χ1v) is 7.64. The number of hydrogen-bond acceptors (Lipinski definition) is 3. The number of nitrogens with one attached hydrogen (secondary N) is 1. The molecule has 1 aromatic carbocycles. The molecule has 0 aliphatic carbocycles. The van der Waals surface area contributed by atoms with Gasteiger partial charge in [-0.25, -0.2) is 8.78 Å². The summed E-state index contributed by atoms with van der Waals surface area (Å²) in [6, 6.07) is 3.16. The third-order valence-corrected chi connectivity index (χ3v) is 3.63. The minimum absolute atomic E-state index is 0.0277. The molecule has 0 amide bonds. The molecule has 5 heteroatoms. The molecule has 0 heterocycles. The molecule has 0 aliphatic heterocycles. The molecule has 120 valence electrons. The lowest BCUT2D eigenvalue weighted by Crippen LogP contribution is -2.27. The molecule has 21 heavy (non-hydrogen) atoms. The highest BCUT2D eigenvalue weighted by atomic mass is 19.1. The summed E-state index contributed by atoms with van der Waals surface area (Å²) in [6.07, 6.45) is 0.425. The maximum Gasteiger partial charge on any atom is 0.129 e. The Morgan fingerprint density at radius 1 is 1.19 bits per heavy atom. The van der Waals surface area contributed by atoms with Crippen LogP contribution in [-0.2, 0) is 0 Å². The van der Waals surface area contributed by atoms with Gasteiger partial charge in [0.2, 0.25) is 0 Å². The molecule has 1 rings (SSSR count). The number of rotatable bonds is 10. The van der Waals surface area contributed by atoms with Crippen molar-refractivity contribution in [1.82, 2.24) is 10.2 Å². The van der Waals surface area contributed by atoms with Crippen molar-refractivity contribution in [3.63, 3.8) is 0 Å². The van der Waals surface area contributed by atoms with E-state index in [1.165, 1.54) is 0 Å². The standard InChI is InChI=1S/C16H26F2N2O/c1-3-20(4-2)11-5-9-19-10-8-16(21)14-12-13(17)6-7-15(14)18/h6-7,12,16,19,21H,3-5,8-11H2,1-2H3. The Morgan fingerprint density at radius 3 is 2.57 bits per heavy atom. The van der Waals surface area contributed by atoms with Crippen molar-refractivity contribution in [2.45, 2.75) is 32.8 Å². The van der Waals surface area contributed by atoms with Crippen LogP contribution in [0, 0.1) is 11.6 Å². The SMILES string of the molecule is CCN(CC)CCCNCCC(O)c1cc(F)ccc1F. The average molecular weight is 300 g/mol. The van der Waals surface area contributed by atoms with Crippen LogP contribution in [0.2, 0.25) is 0 Å². The van der Waals surface area contributed by atoms with Crippen molar-refractivity contribution in [2.75, 3.05) is 32.7 Å². The first-order chi connectivity index (χ1) is 10.1. The second-order valence-corrected chi connectivity index (χ2v) is 5.10. The fraction of sp³-hybridized carbons (Fsp3) is 0.625. The normalized spacial score (nSPS) is 12.9. The Labute approximate surface area is 126 Å². The van der Waals surface area contributed by atoms with Crippen LogP contribution < -0.4 is 5.32 Å². The predicted octanol–water partition coefficient (Wildman–Crippen LogP) is 2.71. The molecule has 0 fully saturated rings. The maximum atomic E-state index is 13.5. The summed E-state index contributed by atoms with van der Waals surface area (Å²) in [4.78, 5) is 2.35. The molecule has 0 bridgehead atoms. The van der Waals surface area contributed by atoms with E-state index in [0.717, 1.165) is 50.8 Å². The van der Waals surface area contributed by atoms with Gasteiger partial charge in [0.05, 0.1) is 6.10 Å². The number of halogens is 2. The van der Waals surface area contributed by atoms with Gasteiger partial charge in [-0.05, 0) is 63.8 Å². The Morgan fingerprint density at radius 2 is 1.90 bits per heavy atom. The summed E-state index contributed by atoms with van der Waals surface area (Å²) < 4.78 is 26.5. The van der Waals surface area contributed by atoms with Crippen LogP contribution in [0.15, 0.2) is 18.2 Å². The lowest BCUT2D eigenvalue weighted by molar-refractivity contribution is 0.161. The van der Waals surface area contributed by atoms with Gasteiger partial charge >= 0.3 is 0 Å². The van der Waals surface area contributed by atoms with E-state index in [9.17, 15) is 13.9 Å². The largest absolute Gasteiger partial charge is 0.388 e. The fourth-order valence-electron chi connectivity index (χ4n) is 2.26. The maximum absolute atomic E-state index is 13.5. The van der Waals surface area contributed by atoms with E-state index in [4.69, 9.17) is 0 Å². The molecule has 2 N–H and O–H groups in total. The second kappa shape index (κ2) is 9.82. The molecular weight excluding hydrogens is 274 g/mol. The lowest BCUT2D eigenvalue weighted by atomic mass is 10.1. The Kier molecular flexibility index (Phi) is 8.42. The highest BCUT2D eigenvalue weighted by Gasteiger charge is 2.13. The van der Waals surface area contributed by atoms with E-state index in [-0.39, 0.29) is 5.56 Å². The van der Waals surface area contributed by atoms with E-state index >= 15 is 0 Å². The Hall–Kier alpha value is -1.04. The summed E-state index contributed by atoms with van der Waals surface area (Å²) in [5.74, 6) is -1.09. The lowest BCUT2D eigenvalue weighted by Gasteiger charge is -2.18. The zero-order chi connectivity index (χ0) is 15.7. The molecule has 1 aromatic rings. The van der Waals surface area contributed by atoms with Crippen LogP contribution >= 0.6 is 0 Å². The third-order valence-electron chi connectivity index (χ3n) is 3.63. The zero-order valence-electron chi connectivity index (χ0n) is 12.9. The summed E-state index contributed by atoms with van der Waals surface area (Å²) in [7, 11) is 0. The minimum atomic E-state index is -0.976. The van der Waals surface area contributed by atoms with E-state index < -0.39 is 17.7 Å². The van der Waals surface area contributed by atoms with E-state index in [0.29, 0.717) is 13.0 Å². The first-order valence-electron chi connectivity index (χ1n) is 7.64. The van der Waals surface area contributed by atoms with Gasteiger partial charge in [-0.1, -0.05) is 13.8 Å². The van der Waals surface area contributed by atoms with Gasteiger partial charge in [0.15, 0.2) is 0 Å². The summed E-state index contributed by atoms with van der Waals surface area (Å²) in [5.41, 5.74) is 0.0277. The van der Waals surface area contributed by atoms with Crippen LogP contribution in [-0.4, -0.2) is 42.7 Å². The van der Waals surface area contributed by atoms with Gasteiger partial charge in [-0.2, -0.15) is 0 Å². The van der Waals surface area contributed by atoms with Gasteiger partial charge < -0.3 is 15.3 Å². The summed E-state index contributed by atoms with van der Waals surface area (Å²) >= 11 is 0. The smallest absolute Gasteiger partial charge is 0.129 e. The van der Waals surface area contributed by atoms with E-state index in [1.807, 2.05) is 0 Å². The predicted molar refractivity (Wildman–Crippen MR) is 81.2 cm³/mol. The van der Waals surface area contributed by atoms with E-state index in [1.54, 1.807) is 0 Å². The molecule has 0 saturated carbocycles. The van der Waals surface area contributed by atoms with Crippen molar-refractivity contribution in [2.24, 2.45) is 0 Å². The van der Waals surface area contributed by atoms with Gasteiger partial charge in [0.1, 0.15) is 11.6 Å². The highest BCUT2D eigenvalue weighted by molar-refractivity contribution is 5.20. The molecule has 0 aromatic heterocycles. The van der Waals surface area contributed by atoms with Crippen molar-refractivity contribution < 1.29 is 13.9 Å². The molecule has 0 radical (unpaired) electrons. The highest BCUT2D eigenvalue weighted by Crippen LogP contribution is 2.20. The van der Waals surface area contributed by atoms with Crippen LogP contribution in [0.3, 0.4) is 0 Å². The number of nitrogens with zero attached hydrogens (tertiary/aromatic N) is 1. The number of aliphatic hydroxyl groups excluding tert-OH is 1. The van der Waals surface area contributed by atoms with Gasteiger partial charge in [-0.3, -0.25) is 0 Å². The van der Waals surface area contributed by atoms with E-state index in [2.05, 4.69) is 24.1 Å². The third kappa shape index (κ3) is 6.50. The van der Waals surface area contributed by atoms with Gasteiger partial charge in [0.25, 0.3) is 0 Å². The quantitative estimate of drug-likeness (QED) is 0.652. The van der Waals surface area contributed by atoms with Crippen LogP contribution in [0.25, 0.3) is 0 Å². The Bertz CT molecular complexity index is 411. The summed E-state index contributed by atoms with van der Waals surface area (Å²) in [6.45, 7) is 8.86. The molecule has 3 nitrogen and oxygen atoms in total. The summed E-state index contributed by atoms with van der Waals surface area (Å²) in [5, 5.41) is 13.1. The monoisotopic (exact) mass is 300 g/mol. The number of hydrogen-bond donors (Lipinski definition) is 2. The Balaban J connectivity index is 2.22. The van der Waals surface area contributed by atoms with Crippen molar-refractivity contribution in [3.8, 4) is 0 Å². The van der Waals surface area contributed by atoms with Crippen LogP contribution in [0.4, 0.5) is 8.78 Å². The molecule has 0 saturated heterocycles. The molecular formula is C16H26F2N2O. The van der Waals surface area contributed by atoms with Crippen molar-refractivity contribution in [3.05, 3.63) is 35.4 Å². The molecule has 1 atom stereocenters.